The SMILES string of the molecule is CC1CCCC(CNc2cccc(OC(F)(F)F)c2)C1. The van der Waals surface area contributed by atoms with Gasteiger partial charge in [-0.3, -0.25) is 0 Å². The van der Waals surface area contributed by atoms with Crippen molar-refractivity contribution in [2.75, 3.05) is 11.9 Å². The molecule has 1 aliphatic rings. The second-order valence-corrected chi connectivity index (χ2v) is 5.59. The maximum atomic E-state index is 12.2. The lowest BCUT2D eigenvalue weighted by molar-refractivity contribution is -0.274. The molecule has 0 saturated heterocycles. The van der Waals surface area contributed by atoms with E-state index in [-0.39, 0.29) is 5.75 Å². The fourth-order valence-corrected chi connectivity index (χ4v) is 2.81. The van der Waals surface area contributed by atoms with Crippen LogP contribution >= 0.6 is 0 Å². The Hall–Kier alpha value is -1.39. The molecule has 1 saturated carbocycles. The quantitative estimate of drug-likeness (QED) is 0.857. The summed E-state index contributed by atoms with van der Waals surface area (Å²) in [6.07, 6.45) is 0.259. The normalized spacial score (nSPS) is 23.4. The van der Waals surface area contributed by atoms with Crippen LogP contribution in [0.1, 0.15) is 32.6 Å². The van der Waals surface area contributed by atoms with Gasteiger partial charge in [-0.05, 0) is 36.8 Å². The maximum Gasteiger partial charge on any atom is 0.573 e. The summed E-state index contributed by atoms with van der Waals surface area (Å²) in [7, 11) is 0. The molecular weight excluding hydrogens is 267 g/mol. The summed E-state index contributed by atoms with van der Waals surface area (Å²) in [4.78, 5) is 0. The lowest BCUT2D eigenvalue weighted by Gasteiger charge is -2.27. The number of benzene rings is 1. The zero-order valence-electron chi connectivity index (χ0n) is 11.5. The summed E-state index contributed by atoms with van der Waals surface area (Å²) in [6, 6.07) is 6.02. The Morgan fingerprint density at radius 3 is 2.80 bits per heavy atom. The van der Waals surface area contributed by atoms with Crippen LogP contribution in [0.4, 0.5) is 18.9 Å². The van der Waals surface area contributed by atoms with Crippen LogP contribution in [0.3, 0.4) is 0 Å². The molecule has 1 aliphatic carbocycles. The molecule has 0 spiro atoms. The average Bonchev–Trinajstić information content (AvgIpc) is 2.35. The predicted molar refractivity (Wildman–Crippen MR) is 72.7 cm³/mol. The minimum Gasteiger partial charge on any atom is -0.406 e. The first-order chi connectivity index (χ1) is 9.42. The number of hydrogen-bond acceptors (Lipinski definition) is 2. The van der Waals surface area contributed by atoms with Gasteiger partial charge in [0.2, 0.25) is 0 Å². The lowest BCUT2D eigenvalue weighted by Crippen LogP contribution is -2.21. The molecule has 0 heterocycles. The largest absolute Gasteiger partial charge is 0.573 e. The van der Waals surface area contributed by atoms with E-state index >= 15 is 0 Å². The first-order valence-corrected chi connectivity index (χ1v) is 7.02. The van der Waals surface area contributed by atoms with Crippen molar-refractivity contribution < 1.29 is 17.9 Å². The van der Waals surface area contributed by atoms with Crippen LogP contribution in [-0.4, -0.2) is 12.9 Å². The van der Waals surface area contributed by atoms with Gasteiger partial charge in [0.05, 0.1) is 0 Å². The van der Waals surface area contributed by atoms with Crippen LogP contribution in [0, 0.1) is 11.8 Å². The van der Waals surface area contributed by atoms with Crippen LogP contribution < -0.4 is 10.1 Å². The first kappa shape index (κ1) is 15.0. The van der Waals surface area contributed by atoms with Crippen molar-refractivity contribution in [1.29, 1.82) is 0 Å². The number of hydrogen-bond donors (Lipinski definition) is 1. The molecule has 112 valence electrons. The highest BCUT2D eigenvalue weighted by Crippen LogP contribution is 2.29. The van der Waals surface area contributed by atoms with Gasteiger partial charge in [-0.1, -0.05) is 25.8 Å². The zero-order chi connectivity index (χ0) is 14.6. The summed E-state index contributed by atoms with van der Waals surface area (Å²) in [5, 5.41) is 3.21. The van der Waals surface area contributed by atoms with Crippen molar-refractivity contribution in [2.45, 2.75) is 39.0 Å². The highest BCUT2D eigenvalue weighted by atomic mass is 19.4. The van der Waals surface area contributed by atoms with E-state index in [1.807, 2.05) is 0 Å². The number of halogens is 3. The lowest BCUT2D eigenvalue weighted by atomic mass is 9.82. The minimum absolute atomic E-state index is 0.181. The predicted octanol–water partition coefficient (Wildman–Crippen LogP) is 4.82. The Morgan fingerprint density at radius 2 is 2.10 bits per heavy atom. The highest BCUT2D eigenvalue weighted by Gasteiger charge is 2.31. The van der Waals surface area contributed by atoms with Gasteiger partial charge in [0, 0.05) is 18.3 Å². The van der Waals surface area contributed by atoms with Crippen molar-refractivity contribution in [3.63, 3.8) is 0 Å². The highest BCUT2D eigenvalue weighted by molar-refractivity contribution is 5.48. The van der Waals surface area contributed by atoms with Crippen LogP contribution in [0.2, 0.25) is 0 Å². The molecule has 0 aromatic heterocycles. The first-order valence-electron chi connectivity index (χ1n) is 7.02. The third-order valence-corrected chi connectivity index (χ3v) is 3.71. The molecule has 2 unspecified atom stereocenters. The molecule has 0 bridgehead atoms. The summed E-state index contributed by atoms with van der Waals surface area (Å²) in [5.74, 6) is 1.17. The minimum atomic E-state index is -4.64. The summed E-state index contributed by atoms with van der Waals surface area (Å²) in [5.41, 5.74) is 0.671. The van der Waals surface area contributed by atoms with Crippen molar-refractivity contribution in [3.8, 4) is 5.75 Å². The Bertz CT molecular complexity index is 433. The van der Waals surface area contributed by atoms with Crippen LogP contribution in [0.15, 0.2) is 24.3 Å². The summed E-state index contributed by atoms with van der Waals surface area (Å²) < 4.78 is 40.4. The number of anilines is 1. The molecular formula is C15H20F3NO. The van der Waals surface area contributed by atoms with Crippen molar-refractivity contribution >= 4 is 5.69 Å². The molecule has 0 amide bonds. The average molecular weight is 287 g/mol. The zero-order valence-corrected chi connectivity index (χ0v) is 11.5. The molecule has 0 radical (unpaired) electrons. The van der Waals surface area contributed by atoms with Crippen molar-refractivity contribution in [2.24, 2.45) is 11.8 Å². The van der Waals surface area contributed by atoms with E-state index in [9.17, 15) is 13.2 Å². The van der Waals surface area contributed by atoms with Gasteiger partial charge in [-0.2, -0.15) is 0 Å². The molecule has 5 heteroatoms. The standard InChI is InChI=1S/C15H20F3NO/c1-11-4-2-5-12(8-11)10-19-13-6-3-7-14(9-13)20-15(16,17)18/h3,6-7,9,11-12,19H,2,4-5,8,10H2,1H3. The Labute approximate surface area is 117 Å². The Balaban J connectivity index is 1.88. The summed E-state index contributed by atoms with van der Waals surface area (Å²) in [6.45, 7) is 3.06. The smallest absolute Gasteiger partial charge is 0.406 e. The molecule has 2 nitrogen and oxygen atoms in total. The fourth-order valence-electron chi connectivity index (χ4n) is 2.81. The topological polar surface area (TPSA) is 21.3 Å². The van der Waals surface area contributed by atoms with Gasteiger partial charge in [-0.15, -0.1) is 13.2 Å². The van der Waals surface area contributed by atoms with E-state index in [1.165, 1.54) is 37.8 Å². The number of nitrogens with one attached hydrogen (secondary N) is 1. The Morgan fingerprint density at radius 1 is 1.30 bits per heavy atom. The van der Waals surface area contributed by atoms with E-state index in [1.54, 1.807) is 12.1 Å². The Kier molecular flexibility index (Phi) is 4.78. The van der Waals surface area contributed by atoms with E-state index in [2.05, 4.69) is 17.0 Å². The summed E-state index contributed by atoms with van der Waals surface area (Å²) >= 11 is 0. The van der Waals surface area contributed by atoms with Crippen LogP contribution in [-0.2, 0) is 0 Å². The third kappa shape index (κ3) is 4.94. The second kappa shape index (κ2) is 6.37. The van der Waals surface area contributed by atoms with E-state index in [0.717, 1.165) is 12.5 Å². The fraction of sp³-hybridized carbons (Fsp3) is 0.600. The molecule has 20 heavy (non-hydrogen) atoms. The third-order valence-electron chi connectivity index (χ3n) is 3.71. The number of alkyl halides is 3. The molecule has 1 aromatic rings. The molecule has 2 atom stereocenters. The van der Waals surface area contributed by atoms with Gasteiger partial charge in [-0.25, -0.2) is 0 Å². The van der Waals surface area contributed by atoms with Gasteiger partial charge in [0.25, 0.3) is 0 Å². The van der Waals surface area contributed by atoms with Gasteiger partial charge in [0.1, 0.15) is 5.75 Å². The van der Waals surface area contributed by atoms with Crippen LogP contribution in [0.5, 0.6) is 5.75 Å². The molecule has 1 N–H and O–H groups in total. The monoisotopic (exact) mass is 287 g/mol. The van der Waals surface area contributed by atoms with E-state index in [4.69, 9.17) is 0 Å². The second-order valence-electron chi connectivity index (χ2n) is 5.59. The van der Waals surface area contributed by atoms with Crippen LogP contribution in [0.25, 0.3) is 0 Å². The van der Waals surface area contributed by atoms with E-state index < -0.39 is 6.36 Å². The maximum absolute atomic E-state index is 12.2. The van der Waals surface area contributed by atoms with Crippen molar-refractivity contribution in [3.05, 3.63) is 24.3 Å². The van der Waals surface area contributed by atoms with Gasteiger partial charge in [0.15, 0.2) is 0 Å². The molecule has 2 rings (SSSR count). The molecule has 1 fully saturated rings. The van der Waals surface area contributed by atoms with E-state index in [0.29, 0.717) is 11.6 Å². The van der Waals surface area contributed by atoms with Gasteiger partial charge < -0.3 is 10.1 Å². The number of rotatable bonds is 4. The molecule has 1 aromatic carbocycles. The molecule has 0 aliphatic heterocycles. The number of ether oxygens (including phenoxy) is 1. The van der Waals surface area contributed by atoms with Gasteiger partial charge >= 0.3 is 6.36 Å². The van der Waals surface area contributed by atoms with Crippen molar-refractivity contribution in [1.82, 2.24) is 0 Å².